The normalized spacial score (nSPS) is 20.7. The largest absolute Gasteiger partial charge is 0.480 e. The van der Waals surface area contributed by atoms with E-state index in [0.29, 0.717) is 38.6 Å². The number of nitrogens with zero attached hydrogens (tertiary/aromatic N) is 1. The van der Waals surface area contributed by atoms with Crippen LogP contribution in [-0.2, 0) is 14.4 Å². The van der Waals surface area contributed by atoms with Crippen LogP contribution in [0.2, 0.25) is 0 Å². The van der Waals surface area contributed by atoms with Crippen LogP contribution in [0.25, 0.3) is 0 Å². The number of nitrogens with two attached hydrogens (primary N) is 1. The number of unbranched alkanes of at least 4 members (excludes halogenated alkanes) is 1. The molecule has 6 nitrogen and oxygen atoms in total. The van der Waals surface area contributed by atoms with Crippen molar-refractivity contribution in [3.05, 3.63) is 0 Å². The molecule has 1 aliphatic heterocycles. The molecule has 0 aliphatic carbocycles. The van der Waals surface area contributed by atoms with Gasteiger partial charge in [-0.2, -0.15) is 0 Å². The number of hydrogen-bond acceptors (Lipinski definition) is 4. The van der Waals surface area contributed by atoms with Crippen molar-refractivity contribution in [1.82, 2.24) is 4.90 Å². The molecule has 1 aliphatic rings. The van der Waals surface area contributed by atoms with Crippen molar-refractivity contribution in [1.29, 1.82) is 0 Å². The Kier molecular flexibility index (Phi) is 5.77. The van der Waals surface area contributed by atoms with Gasteiger partial charge in [0.05, 0.1) is 6.04 Å². The first-order valence-corrected chi connectivity index (χ1v) is 6.21. The van der Waals surface area contributed by atoms with E-state index in [1.54, 1.807) is 6.29 Å². The second-order valence-electron chi connectivity index (χ2n) is 4.55. The Morgan fingerprint density at radius 1 is 1.44 bits per heavy atom. The van der Waals surface area contributed by atoms with E-state index in [2.05, 4.69) is 0 Å². The zero-order chi connectivity index (χ0) is 13.5. The highest BCUT2D eigenvalue weighted by Crippen LogP contribution is 2.19. The lowest BCUT2D eigenvalue weighted by Gasteiger charge is -2.21. The maximum Gasteiger partial charge on any atom is 0.326 e. The minimum atomic E-state index is -0.932. The molecular weight excluding hydrogens is 236 g/mol. The Balaban J connectivity index is 2.28. The highest BCUT2D eigenvalue weighted by Gasteiger charge is 2.33. The number of aliphatic carboxylic acids is 1. The average molecular weight is 255 g/mol. The van der Waals surface area contributed by atoms with Crippen LogP contribution in [0.5, 0.6) is 0 Å². The van der Waals surface area contributed by atoms with E-state index in [4.69, 9.17) is 10.8 Å². The molecule has 1 heterocycles. The Morgan fingerprint density at radius 3 is 2.78 bits per heavy atom. The molecule has 1 amide bonds. The predicted molar refractivity (Wildman–Crippen MR) is 64.5 cm³/mol. The summed E-state index contributed by atoms with van der Waals surface area (Å²) in [5.74, 6) is -1.05. The van der Waals surface area contributed by atoms with Gasteiger partial charge in [0, 0.05) is 13.0 Å². The summed E-state index contributed by atoms with van der Waals surface area (Å²) in [6.45, 7) is 0.525. The molecule has 2 atom stereocenters. The van der Waals surface area contributed by atoms with Crippen molar-refractivity contribution >= 4 is 18.2 Å². The highest BCUT2D eigenvalue weighted by atomic mass is 16.4. The summed E-state index contributed by atoms with van der Waals surface area (Å²) in [5, 5.41) is 8.96. The van der Waals surface area contributed by atoms with Crippen molar-refractivity contribution in [3.63, 3.8) is 0 Å². The van der Waals surface area contributed by atoms with Gasteiger partial charge in [0.25, 0.3) is 0 Å². The average Bonchev–Trinajstić information content (AvgIpc) is 2.83. The zero-order valence-electron chi connectivity index (χ0n) is 10.3. The summed E-state index contributed by atoms with van der Waals surface area (Å²) in [6.07, 6.45) is 5.09. The molecule has 1 saturated heterocycles. The Hall–Kier alpha value is -1.43. The van der Waals surface area contributed by atoms with Crippen molar-refractivity contribution in [3.8, 4) is 0 Å². The molecule has 0 aromatic carbocycles. The molecule has 1 fully saturated rings. The number of likely N-dealkylation sites (tertiary alicyclic amines) is 1. The number of rotatable bonds is 7. The molecular formula is C12H19N2O4. The molecule has 101 valence electrons. The second-order valence-corrected chi connectivity index (χ2v) is 4.55. The minimum Gasteiger partial charge on any atom is -0.480 e. The van der Waals surface area contributed by atoms with Crippen LogP contribution < -0.4 is 5.73 Å². The minimum absolute atomic E-state index is 0.122. The first-order chi connectivity index (χ1) is 8.56. The molecule has 6 heteroatoms. The van der Waals surface area contributed by atoms with Gasteiger partial charge in [-0.15, -0.1) is 0 Å². The summed E-state index contributed by atoms with van der Waals surface area (Å²) in [6, 6.07) is -1.25. The quantitative estimate of drug-likeness (QED) is 0.626. The van der Waals surface area contributed by atoms with Gasteiger partial charge in [0.1, 0.15) is 6.04 Å². The number of amides is 1. The van der Waals surface area contributed by atoms with Crippen LogP contribution in [0.15, 0.2) is 0 Å². The van der Waals surface area contributed by atoms with E-state index in [9.17, 15) is 14.4 Å². The monoisotopic (exact) mass is 255 g/mol. The van der Waals surface area contributed by atoms with Crippen molar-refractivity contribution in [2.75, 3.05) is 6.54 Å². The smallest absolute Gasteiger partial charge is 0.326 e. The summed E-state index contributed by atoms with van der Waals surface area (Å²) in [7, 11) is 0. The predicted octanol–water partition coefficient (Wildman–Crippen LogP) is 0.0594. The van der Waals surface area contributed by atoms with E-state index in [1.807, 2.05) is 0 Å². The van der Waals surface area contributed by atoms with Gasteiger partial charge in [-0.25, -0.2) is 4.79 Å². The standard InChI is InChI=1S/C12H19N2O4/c13-9(8-15)4-1-2-6-11(16)14-7-3-5-10(14)12(17)18/h9-10H,1-7,13H2,(H,17,18)/t9?,10-/m0/s1. The molecule has 18 heavy (non-hydrogen) atoms. The summed E-state index contributed by atoms with van der Waals surface area (Å²) >= 11 is 0. The fourth-order valence-electron chi connectivity index (χ4n) is 2.16. The molecule has 0 aromatic rings. The fraction of sp³-hybridized carbons (Fsp3) is 0.750. The van der Waals surface area contributed by atoms with Crippen LogP contribution >= 0.6 is 0 Å². The van der Waals surface area contributed by atoms with Gasteiger partial charge in [0.15, 0.2) is 0 Å². The van der Waals surface area contributed by atoms with Crippen LogP contribution in [0, 0.1) is 0 Å². The molecule has 1 radical (unpaired) electrons. The van der Waals surface area contributed by atoms with Crippen molar-refractivity contribution in [2.24, 2.45) is 5.73 Å². The van der Waals surface area contributed by atoms with Crippen LogP contribution in [0.3, 0.4) is 0 Å². The van der Waals surface area contributed by atoms with Gasteiger partial charge in [-0.1, -0.05) is 6.42 Å². The van der Waals surface area contributed by atoms with Gasteiger partial charge in [0.2, 0.25) is 12.2 Å². The Morgan fingerprint density at radius 2 is 2.17 bits per heavy atom. The first-order valence-electron chi connectivity index (χ1n) is 6.21. The summed E-state index contributed by atoms with van der Waals surface area (Å²) in [4.78, 5) is 34.4. The number of carboxylic acid groups (broad SMARTS) is 1. The van der Waals surface area contributed by atoms with Gasteiger partial charge < -0.3 is 15.7 Å². The lowest BCUT2D eigenvalue weighted by molar-refractivity contribution is -0.148. The third-order valence-electron chi connectivity index (χ3n) is 3.17. The number of carboxylic acids is 1. The van der Waals surface area contributed by atoms with Crippen LogP contribution in [0.1, 0.15) is 38.5 Å². The van der Waals surface area contributed by atoms with Crippen LogP contribution in [0.4, 0.5) is 0 Å². The second kappa shape index (κ2) is 7.10. The lowest BCUT2D eigenvalue weighted by Crippen LogP contribution is -2.40. The first kappa shape index (κ1) is 14.6. The zero-order valence-corrected chi connectivity index (χ0v) is 10.3. The molecule has 1 rings (SSSR count). The Bertz CT molecular complexity index is 319. The third-order valence-corrected chi connectivity index (χ3v) is 3.17. The van der Waals surface area contributed by atoms with Crippen molar-refractivity contribution in [2.45, 2.75) is 50.6 Å². The van der Waals surface area contributed by atoms with E-state index < -0.39 is 18.1 Å². The van der Waals surface area contributed by atoms with Gasteiger partial charge >= 0.3 is 5.97 Å². The maximum atomic E-state index is 11.8. The van der Waals surface area contributed by atoms with E-state index in [0.717, 1.165) is 6.42 Å². The van der Waals surface area contributed by atoms with E-state index >= 15 is 0 Å². The number of carbonyl (C=O) groups excluding carboxylic acids is 2. The molecule has 1 unspecified atom stereocenters. The molecule has 0 spiro atoms. The van der Waals surface area contributed by atoms with E-state index in [-0.39, 0.29) is 5.91 Å². The van der Waals surface area contributed by atoms with Gasteiger partial charge in [-0.3, -0.25) is 9.59 Å². The highest BCUT2D eigenvalue weighted by molar-refractivity contribution is 5.84. The van der Waals surface area contributed by atoms with Crippen LogP contribution in [-0.4, -0.2) is 46.8 Å². The third kappa shape index (κ3) is 4.10. The summed E-state index contributed by atoms with van der Waals surface area (Å²) in [5.41, 5.74) is 5.38. The fourth-order valence-corrected chi connectivity index (χ4v) is 2.16. The lowest BCUT2D eigenvalue weighted by atomic mass is 10.1. The topological polar surface area (TPSA) is 101 Å². The van der Waals surface area contributed by atoms with E-state index in [1.165, 1.54) is 4.90 Å². The number of carbonyl (C=O) groups is 2. The SMILES string of the molecule is NC([C]=O)CCCCC(=O)N1CCC[C@H]1C(=O)O. The van der Waals surface area contributed by atoms with Crippen molar-refractivity contribution < 1.29 is 19.5 Å². The number of hydrogen-bond donors (Lipinski definition) is 2. The molecule has 0 saturated carbocycles. The molecule has 3 N–H and O–H groups in total. The Labute approximate surface area is 106 Å². The molecule has 0 aromatic heterocycles. The summed E-state index contributed by atoms with van der Waals surface area (Å²) < 4.78 is 0. The van der Waals surface area contributed by atoms with Gasteiger partial charge in [-0.05, 0) is 25.7 Å². The molecule has 0 bridgehead atoms. The maximum absolute atomic E-state index is 11.8.